The maximum absolute atomic E-state index is 11.4. The first-order valence-electron chi connectivity index (χ1n) is 5.93. The van der Waals surface area contributed by atoms with E-state index in [1.54, 1.807) is 18.1 Å². The van der Waals surface area contributed by atoms with Gasteiger partial charge in [0.1, 0.15) is 17.2 Å². The SMILES string of the molecule is COC(=O)C1CCN(c2cc(SC)ncn2)CC1. The highest BCUT2D eigenvalue weighted by atomic mass is 32.2. The van der Waals surface area contributed by atoms with Crippen molar-refractivity contribution in [1.29, 1.82) is 0 Å². The van der Waals surface area contributed by atoms with E-state index in [-0.39, 0.29) is 11.9 Å². The third-order valence-corrected chi connectivity index (χ3v) is 3.83. The highest BCUT2D eigenvalue weighted by Gasteiger charge is 2.26. The van der Waals surface area contributed by atoms with Crippen molar-refractivity contribution in [2.45, 2.75) is 17.9 Å². The van der Waals surface area contributed by atoms with Gasteiger partial charge >= 0.3 is 5.97 Å². The Morgan fingerprint density at radius 3 is 2.78 bits per heavy atom. The van der Waals surface area contributed by atoms with Crippen LogP contribution in [0.25, 0.3) is 0 Å². The van der Waals surface area contributed by atoms with Crippen LogP contribution in [0.2, 0.25) is 0 Å². The summed E-state index contributed by atoms with van der Waals surface area (Å²) in [7, 11) is 1.45. The molecule has 0 aromatic carbocycles. The lowest BCUT2D eigenvalue weighted by molar-refractivity contribution is -0.146. The van der Waals surface area contributed by atoms with E-state index in [0.29, 0.717) is 0 Å². The second kappa shape index (κ2) is 6.04. The predicted octanol–water partition coefficient (Wildman–Crippen LogP) is 1.59. The minimum Gasteiger partial charge on any atom is -0.469 e. The Labute approximate surface area is 111 Å². The van der Waals surface area contributed by atoms with Crippen LogP contribution in [-0.2, 0) is 9.53 Å². The highest BCUT2D eigenvalue weighted by molar-refractivity contribution is 7.98. The third kappa shape index (κ3) is 2.93. The maximum atomic E-state index is 11.4. The molecular formula is C12H17N3O2S. The quantitative estimate of drug-likeness (QED) is 0.471. The number of ether oxygens (including phenoxy) is 1. The van der Waals surface area contributed by atoms with Gasteiger partial charge in [-0.25, -0.2) is 9.97 Å². The molecule has 1 saturated heterocycles. The van der Waals surface area contributed by atoms with E-state index in [4.69, 9.17) is 4.74 Å². The van der Waals surface area contributed by atoms with Crippen molar-refractivity contribution < 1.29 is 9.53 Å². The molecule has 98 valence electrons. The molecule has 0 saturated carbocycles. The first-order chi connectivity index (χ1) is 8.74. The summed E-state index contributed by atoms with van der Waals surface area (Å²) < 4.78 is 4.78. The van der Waals surface area contributed by atoms with E-state index in [1.165, 1.54) is 7.11 Å². The van der Waals surface area contributed by atoms with Gasteiger partial charge in [-0.15, -0.1) is 11.8 Å². The van der Waals surface area contributed by atoms with Gasteiger partial charge in [-0.1, -0.05) is 0 Å². The van der Waals surface area contributed by atoms with Gasteiger partial charge in [-0.2, -0.15) is 0 Å². The van der Waals surface area contributed by atoms with Crippen LogP contribution in [0.3, 0.4) is 0 Å². The average Bonchev–Trinajstić information content (AvgIpc) is 2.46. The van der Waals surface area contributed by atoms with Crippen molar-refractivity contribution >= 4 is 23.5 Å². The molecule has 0 N–H and O–H groups in total. The molecule has 1 aromatic heterocycles. The summed E-state index contributed by atoms with van der Waals surface area (Å²) in [5, 5.41) is 0.968. The van der Waals surface area contributed by atoms with Gasteiger partial charge < -0.3 is 9.64 Å². The fraction of sp³-hybridized carbons (Fsp3) is 0.583. The Morgan fingerprint density at radius 1 is 1.44 bits per heavy atom. The van der Waals surface area contributed by atoms with Gasteiger partial charge in [0.2, 0.25) is 0 Å². The molecule has 5 nitrogen and oxygen atoms in total. The molecular weight excluding hydrogens is 250 g/mol. The Kier molecular flexibility index (Phi) is 4.41. The number of hydrogen-bond donors (Lipinski definition) is 0. The lowest BCUT2D eigenvalue weighted by atomic mass is 9.97. The van der Waals surface area contributed by atoms with Gasteiger partial charge in [0.25, 0.3) is 0 Å². The highest BCUT2D eigenvalue weighted by Crippen LogP contribution is 2.24. The van der Waals surface area contributed by atoms with Gasteiger partial charge in [0.15, 0.2) is 0 Å². The monoisotopic (exact) mass is 267 g/mol. The van der Waals surface area contributed by atoms with Crippen molar-refractivity contribution in [2.24, 2.45) is 5.92 Å². The molecule has 1 fully saturated rings. The van der Waals surface area contributed by atoms with Crippen molar-refractivity contribution in [3.8, 4) is 0 Å². The molecule has 2 rings (SSSR count). The normalized spacial score (nSPS) is 16.7. The number of thioether (sulfide) groups is 1. The number of anilines is 1. The van der Waals surface area contributed by atoms with Crippen LogP contribution < -0.4 is 4.90 Å². The first kappa shape index (κ1) is 13.1. The van der Waals surface area contributed by atoms with E-state index in [1.807, 2.05) is 12.3 Å². The van der Waals surface area contributed by atoms with E-state index in [0.717, 1.165) is 36.8 Å². The van der Waals surface area contributed by atoms with Crippen LogP contribution in [0.15, 0.2) is 17.4 Å². The number of esters is 1. The number of rotatable bonds is 3. The molecule has 0 radical (unpaired) electrons. The number of piperidine rings is 1. The molecule has 1 aliphatic rings. The summed E-state index contributed by atoms with van der Waals surface area (Å²) in [5.74, 6) is 0.882. The van der Waals surface area contributed by atoms with E-state index >= 15 is 0 Å². The Morgan fingerprint density at radius 2 is 2.17 bits per heavy atom. The van der Waals surface area contributed by atoms with Crippen LogP contribution >= 0.6 is 11.8 Å². The van der Waals surface area contributed by atoms with Crippen molar-refractivity contribution in [3.05, 3.63) is 12.4 Å². The molecule has 0 aliphatic carbocycles. The van der Waals surface area contributed by atoms with E-state index in [9.17, 15) is 4.79 Å². The zero-order valence-electron chi connectivity index (χ0n) is 10.6. The number of nitrogens with zero attached hydrogens (tertiary/aromatic N) is 3. The van der Waals surface area contributed by atoms with Crippen molar-refractivity contribution in [3.63, 3.8) is 0 Å². The van der Waals surface area contributed by atoms with Gasteiger partial charge in [0, 0.05) is 19.2 Å². The van der Waals surface area contributed by atoms with Gasteiger partial charge in [-0.05, 0) is 19.1 Å². The van der Waals surface area contributed by atoms with Crippen LogP contribution in [0.4, 0.5) is 5.82 Å². The second-order valence-electron chi connectivity index (χ2n) is 4.20. The predicted molar refractivity (Wildman–Crippen MR) is 70.8 cm³/mol. The Hall–Kier alpha value is -1.30. The smallest absolute Gasteiger partial charge is 0.308 e. The summed E-state index contributed by atoms with van der Waals surface area (Å²) in [4.78, 5) is 22.1. The van der Waals surface area contributed by atoms with Gasteiger partial charge in [0.05, 0.1) is 13.0 Å². The topological polar surface area (TPSA) is 55.3 Å². The molecule has 6 heteroatoms. The first-order valence-corrected chi connectivity index (χ1v) is 7.16. The fourth-order valence-electron chi connectivity index (χ4n) is 2.13. The van der Waals surface area contributed by atoms with Crippen LogP contribution in [0.5, 0.6) is 0 Å². The summed E-state index contributed by atoms with van der Waals surface area (Å²) in [6.45, 7) is 1.68. The Bertz CT molecular complexity index is 420. The molecule has 0 amide bonds. The molecule has 0 atom stereocenters. The van der Waals surface area contributed by atoms with Crippen molar-refractivity contribution in [2.75, 3.05) is 31.4 Å². The van der Waals surface area contributed by atoms with Crippen LogP contribution in [-0.4, -0.2) is 42.4 Å². The Balaban J connectivity index is 1.98. The second-order valence-corrected chi connectivity index (χ2v) is 5.03. The number of hydrogen-bond acceptors (Lipinski definition) is 6. The standard InChI is InChI=1S/C12H17N3O2S/c1-17-12(16)9-3-5-15(6-4-9)10-7-11(18-2)14-8-13-10/h7-9H,3-6H2,1-2H3. The third-order valence-electron chi connectivity index (χ3n) is 3.19. The summed E-state index contributed by atoms with van der Waals surface area (Å²) >= 11 is 1.60. The summed E-state index contributed by atoms with van der Waals surface area (Å²) in [6.07, 6.45) is 5.24. The van der Waals surface area contributed by atoms with E-state index in [2.05, 4.69) is 14.9 Å². The molecule has 18 heavy (non-hydrogen) atoms. The zero-order valence-corrected chi connectivity index (χ0v) is 11.4. The number of methoxy groups -OCH3 is 1. The molecule has 0 bridgehead atoms. The lowest BCUT2D eigenvalue weighted by Gasteiger charge is -2.31. The summed E-state index contributed by atoms with van der Waals surface area (Å²) in [5.41, 5.74) is 0. The minimum absolute atomic E-state index is 0.0353. The lowest BCUT2D eigenvalue weighted by Crippen LogP contribution is -2.37. The fourth-order valence-corrected chi connectivity index (χ4v) is 2.50. The summed E-state index contributed by atoms with van der Waals surface area (Å²) in [6, 6.07) is 1.99. The molecule has 1 aliphatic heterocycles. The molecule has 2 heterocycles. The molecule has 0 unspecified atom stereocenters. The average molecular weight is 267 g/mol. The minimum atomic E-state index is -0.0952. The molecule has 1 aromatic rings. The maximum Gasteiger partial charge on any atom is 0.308 e. The van der Waals surface area contributed by atoms with Crippen LogP contribution in [0, 0.1) is 5.92 Å². The van der Waals surface area contributed by atoms with Gasteiger partial charge in [-0.3, -0.25) is 4.79 Å². The molecule has 0 spiro atoms. The number of aromatic nitrogens is 2. The number of carbonyl (C=O) groups is 1. The van der Waals surface area contributed by atoms with Crippen molar-refractivity contribution in [1.82, 2.24) is 9.97 Å². The zero-order chi connectivity index (χ0) is 13.0. The largest absolute Gasteiger partial charge is 0.469 e. The van der Waals surface area contributed by atoms with E-state index < -0.39 is 0 Å². The number of carbonyl (C=O) groups excluding carboxylic acids is 1. The van der Waals surface area contributed by atoms with Crippen LogP contribution in [0.1, 0.15) is 12.8 Å².